The molecule has 0 radical (unpaired) electrons. The molecule has 0 amide bonds. The van der Waals surface area contributed by atoms with Gasteiger partial charge in [-0.3, -0.25) is 0 Å². The Balaban J connectivity index is 2.54. The molecule has 0 unspecified atom stereocenters. The molecule has 1 aromatic carbocycles. The molecule has 1 aromatic rings. The molecule has 0 aliphatic rings. The molecule has 0 atom stereocenters. The maximum Gasteiger partial charge on any atom is 0.0640 e. The van der Waals surface area contributed by atoms with Crippen molar-refractivity contribution in [3.05, 3.63) is 28.8 Å². The van der Waals surface area contributed by atoms with E-state index in [9.17, 15) is 0 Å². The number of benzene rings is 1. The highest BCUT2D eigenvalue weighted by Gasteiger charge is 2.01. The molecule has 74 valence electrons. The molecule has 2 heteroatoms. The van der Waals surface area contributed by atoms with Crippen LogP contribution < -0.4 is 5.32 Å². The van der Waals surface area contributed by atoms with Gasteiger partial charge in [0, 0.05) is 13.0 Å². The third-order valence-corrected chi connectivity index (χ3v) is 2.34. The SMILES string of the molecule is C#CCCCNc1c(C)cccc1Cl. The smallest absolute Gasteiger partial charge is 0.0640 e. The minimum atomic E-state index is 0.769. The Labute approximate surface area is 90.5 Å². The fourth-order valence-corrected chi connectivity index (χ4v) is 1.55. The lowest BCUT2D eigenvalue weighted by atomic mass is 10.2. The fraction of sp³-hybridized carbons (Fsp3) is 0.333. The number of hydrogen-bond acceptors (Lipinski definition) is 1. The van der Waals surface area contributed by atoms with E-state index >= 15 is 0 Å². The average Bonchev–Trinajstić information content (AvgIpc) is 2.16. The van der Waals surface area contributed by atoms with Crippen LogP contribution in [0.4, 0.5) is 5.69 Å². The number of unbranched alkanes of at least 4 members (excludes halogenated alkanes) is 1. The number of rotatable bonds is 4. The zero-order chi connectivity index (χ0) is 10.4. The summed E-state index contributed by atoms with van der Waals surface area (Å²) in [5, 5.41) is 4.06. The summed E-state index contributed by atoms with van der Waals surface area (Å²) in [5.41, 5.74) is 2.18. The predicted molar refractivity (Wildman–Crippen MR) is 62.7 cm³/mol. The molecule has 14 heavy (non-hydrogen) atoms. The molecule has 0 aromatic heterocycles. The van der Waals surface area contributed by atoms with Gasteiger partial charge >= 0.3 is 0 Å². The number of nitrogens with one attached hydrogen (secondary N) is 1. The van der Waals surface area contributed by atoms with E-state index in [0.717, 1.165) is 30.1 Å². The molecule has 0 aliphatic carbocycles. The second kappa shape index (κ2) is 5.57. The molecule has 0 heterocycles. The normalized spacial score (nSPS) is 9.50. The highest BCUT2D eigenvalue weighted by Crippen LogP contribution is 2.24. The lowest BCUT2D eigenvalue weighted by Gasteiger charge is -2.10. The number of anilines is 1. The summed E-state index contributed by atoms with van der Waals surface area (Å²) in [6.07, 6.45) is 6.94. The molecule has 1 nitrogen and oxygen atoms in total. The number of terminal acetylenes is 1. The van der Waals surface area contributed by atoms with E-state index in [1.807, 2.05) is 25.1 Å². The summed E-state index contributed by atoms with van der Waals surface area (Å²) in [7, 11) is 0. The van der Waals surface area contributed by atoms with Crippen LogP contribution >= 0.6 is 11.6 Å². The van der Waals surface area contributed by atoms with E-state index < -0.39 is 0 Å². The first-order chi connectivity index (χ1) is 6.75. The van der Waals surface area contributed by atoms with Gasteiger partial charge < -0.3 is 5.32 Å². The van der Waals surface area contributed by atoms with Crippen LogP contribution in [0.15, 0.2) is 18.2 Å². The van der Waals surface area contributed by atoms with Crippen molar-refractivity contribution in [2.75, 3.05) is 11.9 Å². The highest BCUT2D eigenvalue weighted by molar-refractivity contribution is 6.33. The van der Waals surface area contributed by atoms with Crippen LogP contribution in [0, 0.1) is 19.3 Å². The first-order valence-electron chi connectivity index (χ1n) is 4.68. The molecule has 0 aliphatic heterocycles. The van der Waals surface area contributed by atoms with Crippen molar-refractivity contribution in [2.24, 2.45) is 0 Å². The zero-order valence-corrected chi connectivity index (χ0v) is 9.06. The Morgan fingerprint density at radius 1 is 1.50 bits per heavy atom. The molecular weight excluding hydrogens is 194 g/mol. The van der Waals surface area contributed by atoms with Crippen LogP contribution in [0.1, 0.15) is 18.4 Å². The van der Waals surface area contributed by atoms with Gasteiger partial charge in [-0.15, -0.1) is 12.3 Å². The molecule has 1 N–H and O–H groups in total. The molecule has 0 saturated carbocycles. The van der Waals surface area contributed by atoms with Gasteiger partial charge in [-0.05, 0) is 25.0 Å². The van der Waals surface area contributed by atoms with Crippen LogP contribution in [0.25, 0.3) is 0 Å². The summed E-state index contributed by atoms with van der Waals surface area (Å²) in [6, 6.07) is 5.87. The van der Waals surface area contributed by atoms with Crippen molar-refractivity contribution < 1.29 is 0 Å². The first kappa shape index (κ1) is 10.9. The van der Waals surface area contributed by atoms with Crippen LogP contribution in [0.5, 0.6) is 0 Å². The van der Waals surface area contributed by atoms with Crippen molar-refractivity contribution in [1.82, 2.24) is 0 Å². The van der Waals surface area contributed by atoms with Gasteiger partial charge in [0.25, 0.3) is 0 Å². The summed E-state index contributed by atoms with van der Waals surface area (Å²) in [6.45, 7) is 2.91. The third kappa shape index (κ3) is 2.97. The summed E-state index contributed by atoms with van der Waals surface area (Å²) in [4.78, 5) is 0. The third-order valence-electron chi connectivity index (χ3n) is 2.02. The monoisotopic (exact) mass is 207 g/mol. The van der Waals surface area contributed by atoms with Gasteiger partial charge in [0.15, 0.2) is 0 Å². The molecule has 0 spiro atoms. The first-order valence-corrected chi connectivity index (χ1v) is 5.06. The number of halogens is 1. The van der Waals surface area contributed by atoms with Gasteiger partial charge in [0.2, 0.25) is 0 Å². The van der Waals surface area contributed by atoms with Crippen molar-refractivity contribution in [1.29, 1.82) is 0 Å². The van der Waals surface area contributed by atoms with Crippen molar-refractivity contribution in [2.45, 2.75) is 19.8 Å². The molecular formula is C12H14ClN. The van der Waals surface area contributed by atoms with Crippen LogP contribution in [-0.4, -0.2) is 6.54 Å². The van der Waals surface area contributed by atoms with Crippen LogP contribution in [0.3, 0.4) is 0 Å². The predicted octanol–water partition coefficient (Wildman–Crippen LogP) is 3.47. The zero-order valence-electron chi connectivity index (χ0n) is 8.31. The molecule has 0 saturated heterocycles. The minimum Gasteiger partial charge on any atom is -0.384 e. The number of aryl methyl sites for hydroxylation is 1. The van der Waals surface area contributed by atoms with Gasteiger partial charge in [-0.25, -0.2) is 0 Å². The second-order valence-corrected chi connectivity index (χ2v) is 3.57. The van der Waals surface area contributed by atoms with Gasteiger partial charge in [-0.1, -0.05) is 23.7 Å². The summed E-state index contributed by atoms with van der Waals surface area (Å²) >= 11 is 6.04. The van der Waals surface area contributed by atoms with Crippen molar-refractivity contribution >= 4 is 17.3 Å². The second-order valence-electron chi connectivity index (χ2n) is 3.17. The van der Waals surface area contributed by atoms with E-state index in [0.29, 0.717) is 0 Å². The largest absolute Gasteiger partial charge is 0.384 e. The molecule has 0 bridgehead atoms. The average molecular weight is 208 g/mol. The quantitative estimate of drug-likeness (QED) is 0.589. The summed E-state index contributed by atoms with van der Waals surface area (Å²) in [5.74, 6) is 2.61. The maximum absolute atomic E-state index is 6.04. The van der Waals surface area contributed by atoms with Gasteiger partial charge in [-0.2, -0.15) is 0 Å². The van der Waals surface area contributed by atoms with E-state index in [2.05, 4.69) is 11.2 Å². The van der Waals surface area contributed by atoms with Gasteiger partial charge in [0.1, 0.15) is 0 Å². The number of hydrogen-bond donors (Lipinski definition) is 1. The Morgan fingerprint density at radius 3 is 2.93 bits per heavy atom. The minimum absolute atomic E-state index is 0.769. The highest BCUT2D eigenvalue weighted by atomic mass is 35.5. The lowest BCUT2D eigenvalue weighted by Crippen LogP contribution is -2.03. The van der Waals surface area contributed by atoms with Crippen molar-refractivity contribution in [3.63, 3.8) is 0 Å². The standard InChI is InChI=1S/C12H14ClN/c1-3-4-5-9-14-12-10(2)7-6-8-11(12)13/h1,6-8,14H,4-5,9H2,2H3. The summed E-state index contributed by atoms with van der Waals surface area (Å²) < 4.78 is 0. The topological polar surface area (TPSA) is 12.0 Å². The Hall–Kier alpha value is -1.13. The van der Waals surface area contributed by atoms with Crippen LogP contribution in [-0.2, 0) is 0 Å². The van der Waals surface area contributed by atoms with E-state index in [1.54, 1.807) is 0 Å². The molecule has 1 rings (SSSR count). The van der Waals surface area contributed by atoms with E-state index in [-0.39, 0.29) is 0 Å². The lowest BCUT2D eigenvalue weighted by molar-refractivity contribution is 0.906. The Bertz CT molecular complexity index is 318. The fourth-order valence-electron chi connectivity index (χ4n) is 1.26. The van der Waals surface area contributed by atoms with Gasteiger partial charge in [0.05, 0.1) is 10.7 Å². The van der Waals surface area contributed by atoms with E-state index in [4.69, 9.17) is 18.0 Å². The van der Waals surface area contributed by atoms with E-state index in [1.165, 1.54) is 5.56 Å². The maximum atomic E-state index is 6.04. The Kier molecular flexibility index (Phi) is 4.35. The molecule has 0 fully saturated rings. The number of para-hydroxylation sites is 1. The van der Waals surface area contributed by atoms with Crippen LogP contribution in [0.2, 0.25) is 5.02 Å². The van der Waals surface area contributed by atoms with Crippen molar-refractivity contribution in [3.8, 4) is 12.3 Å². The Morgan fingerprint density at radius 2 is 2.29 bits per heavy atom.